The van der Waals surface area contributed by atoms with E-state index in [4.69, 9.17) is 19.8 Å². The molecule has 6 unspecified atom stereocenters. The van der Waals surface area contributed by atoms with E-state index in [0.29, 0.717) is 11.8 Å². The molecule has 2 aliphatic heterocycles. The fourth-order valence-corrected chi connectivity index (χ4v) is 6.66. The highest BCUT2D eigenvalue weighted by atomic mass is 32.2. The largest absolute Gasteiger partial charge is 0.481 e. The van der Waals surface area contributed by atoms with Gasteiger partial charge in [-0.15, -0.1) is 21.0 Å². The van der Waals surface area contributed by atoms with Gasteiger partial charge >= 0.3 is 0 Å². The normalized spacial score (nSPS) is 34.3. The zero-order valence-corrected chi connectivity index (χ0v) is 17.2. The second-order valence-electron chi connectivity index (χ2n) is 6.69. The Labute approximate surface area is 165 Å². The SMILES string of the molecule is C=S1C=CC=C1C1C2C=CC(C2)C1C1=CC=CS1=C.CC(=O)O.CC(=O)O. The third kappa shape index (κ3) is 5.30. The molecule has 0 saturated heterocycles. The van der Waals surface area contributed by atoms with Crippen molar-refractivity contribution in [2.75, 3.05) is 0 Å². The molecule has 0 radical (unpaired) electrons. The van der Waals surface area contributed by atoms with Crippen LogP contribution in [0.5, 0.6) is 0 Å². The van der Waals surface area contributed by atoms with Gasteiger partial charge in [0.25, 0.3) is 11.9 Å². The van der Waals surface area contributed by atoms with Gasteiger partial charge in [-0.05, 0) is 38.9 Å². The van der Waals surface area contributed by atoms with Crippen molar-refractivity contribution in [3.8, 4) is 0 Å². The number of carboxylic acid groups (broad SMARTS) is 2. The number of rotatable bonds is 2. The zero-order chi connectivity index (χ0) is 20.1. The Morgan fingerprint density at radius 1 is 0.889 bits per heavy atom. The van der Waals surface area contributed by atoms with Gasteiger partial charge in [0, 0.05) is 25.7 Å². The lowest BCUT2D eigenvalue weighted by molar-refractivity contribution is -0.135. The summed E-state index contributed by atoms with van der Waals surface area (Å²) in [7, 11) is 0.195. The summed E-state index contributed by atoms with van der Waals surface area (Å²) in [6.45, 7) is 2.17. The summed E-state index contributed by atoms with van der Waals surface area (Å²) in [5.41, 5.74) is 0. The van der Waals surface area contributed by atoms with Crippen LogP contribution in [0.1, 0.15) is 20.3 Å². The third-order valence-corrected chi connectivity index (χ3v) is 7.73. The van der Waals surface area contributed by atoms with Crippen LogP contribution in [-0.4, -0.2) is 33.9 Å². The van der Waals surface area contributed by atoms with Crippen LogP contribution >= 0.6 is 21.0 Å². The number of fused-ring (bicyclic) bond motifs is 2. The van der Waals surface area contributed by atoms with Crippen LogP contribution < -0.4 is 0 Å². The number of hydrogen-bond acceptors (Lipinski definition) is 2. The molecule has 2 heterocycles. The van der Waals surface area contributed by atoms with E-state index in [1.54, 1.807) is 9.81 Å². The molecule has 4 aliphatic rings. The lowest BCUT2D eigenvalue weighted by Crippen LogP contribution is -2.21. The van der Waals surface area contributed by atoms with E-state index in [1.165, 1.54) is 6.42 Å². The van der Waals surface area contributed by atoms with Crippen LogP contribution in [0.3, 0.4) is 0 Å². The first-order chi connectivity index (χ1) is 12.7. The topological polar surface area (TPSA) is 74.6 Å². The van der Waals surface area contributed by atoms with Crippen LogP contribution in [0.25, 0.3) is 0 Å². The highest BCUT2D eigenvalue weighted by Crippen LogP contribution is 2.60. The Kier molecular flexibility index (Phi) is 7.39. The van der Waals surface area contributed by atoms with Gasteiger partial charge in [0.2, 0.25) is 0 Å². The Balaban J connectivity index is 0.000000281. The van der Waals surface area contributed by atoms with Crippen molar-refractivity contribution >= 4 is 44.6 Å². The second-order valence-corrected chi connectivity index (χ2v) is 9.89. The van der Waals surface area contributed by atoms with Crippen molar-refractivity contribution in [3.05, 3.63) is 57.1 Å². The van der Waals surface area contributed by atoms with Gasteiger partial charge in [0.15, 0.2) is 0 Å². The monoisotopic (exact) mass is 406 g/mol. The van der Waals surface area contributed by atoms with Crippen LogP contribution in [0.15, 0.2) is 57.1 Å². The maximum Gasteiger partial charge on any atom is 0.300 e. The highest BCUT2D eigenvalue weighted by Gasteiger charge is 2.48. The number of hydrogen-bond donors (Lipinski definition) is 2. The molecule has 27 heavy (non-hydrogen) atoms. The molecule has 6 heteroatoms. The van der Waals surface area contributed by atoms with Crippen molar-refractivity contribution < 1.29 is 19.8 Å². The predicted octanol–water partition coefficient (Wildman–Crippen LogP) is 4.83. The zero-order valence-electron chi connectivity index (χ0n) is 15.6. The van der Waals surface area contributed by atoms with Gasteiger partial charge in [-0.1, -0.05) is 48.2 Å². The molecule has 146 valence electrons. The predicted molar refractivity (Wildman–Crippen MR) is 118 cm³/mol. The molecule has 0 aromatic heterocycles. The van der Waals surface area contributed by atoms with Crippen LogP contribution in [0, 0.1) is 23.7 Å². The summed E-state index contributed by atoms with van der Waals surface area (Å²) in [5.74, 6) is 9.80. The molecule has 2 N–H and O–H groups in total. The Bertz CT molecular complexity index is 740. The van der Waals surface area contributed by atoms with Crippen LogP contribution in [0.2, 0.25) is 0 Å². The van der Waals surface area contributed by atoms with Gasteiger partial charge in [0.05, 0.1) is 0 Å². The van der Waals surface area contributed by atoms with Gasteiger partial charge in [0.1, 0.15) is 0 Å². The standard InChI is InChI=1S/C17H18S2.2C2H4O2/c1-18-9-3-5-14(18)16-12-7-8-13(11-12)17(16)15-6-4-10-19(15)2;2*1-2(3)4/h3-10,12-13,16-17H,1-2,11H2;2*1H3,(H,3,4). The maximum absolute atomic E-state index is 9.00. The van der Waals surface area contributed by atoms with E-state index in [2.05, 4.69) is 59.0 Å². The van der Waals surface area contributed by atoms with E-state index >= 15 is 0 Å². The molecule has 1 fully saturated rings. The second kappa shape index (κ2) is 9.33. The average Bonchev–Trinajstić information content (AvgIpc) is 3.29. The number of carbonyl (C=O) groups is 2. The Morgan fingerprint density at radius 2 is 1.22 bits per heavy atom. The first kappa shape index (κ1) is 21.4. The molecule has 4 rings (SSSR count). The Morgan fingerprint density at radius 3 is 1.48 bits per heavy atom. The van der Waals surface area contributed by atoms with Gasteiger partial charge < -0.3 is 10.2 Å². The minimum atomic E-state index is -0.833. The smallest absolute Gasteiger partial charge is 0.300 e. The lowest BCUT2D eigenvalue weighted by atomic mass is 9.82. The molecule has 2 bridgehead atoms. The van der Waals surface area contributed by atoms with Crippen molar-refractivity contribution in [3.63, 3.8) is 0 Å². The van der Waals surface area contributed by atoms with Crippen molar-refractivity contribution in [1.82, 2.24) is 0 Å². The van der Waals surface area contributed by atoms with Gasteiger partial charge in [-0.3, -0.25) is 9.59 Å². The number of carboxylic acids is 2. The lowest BCUT2D eigenvalue weighted by Gasteiger charge is -2.31. The van der Waals surface area contributed by atoms with Crippen LogP contribution in [-0.2, 0) is 9.59 Å². The fraction of sp³-hybridized carbons (Fsp3) is 0.333. The molecule has 0 amide bonds. The highest BCUT2D eigenvalue weighted by molar-refractivity contribution is 8.20. The minimum absolute atomic E-state index is 0.0975. The number of allylic oxidation sites excluding steroid dienone is 8. The molecule has 2 aliphatic carbocycles. The maximum atomic E-state index is 9.00. The van der Waals surface area contributed by atoms with Crippen molar-refractivity contribution in [1.29, 1.82) is 0 Å². The molecular weight excluding hydrogens is 380 g/mol. The molecule has 0 spiro atoms. The average molecular weight is 407 g/mol. The van der Waals surface area contributed by atoms with E-state index in [-0.39, 0.29) is 21.0 Å². The summed E-state index contributed by atoms with van der Waals surface area (Å²) in [4.78, 5) is 21.2. The van der Waals surface area contributed by atoms with Gasteiger partial charge in [-0.25, -0.2) is 0 Å². The summed E-state index contributed by atoms with van der Waals surface area (Å²) < 4.78 is 0. The Hall–Kier alpha value is -1.92. The van der Waals surface area contributed by atoms with Crippen molar-refractivity contribution in [2.24, 2.45) is 23.7 Å². The van der Waals surface area contributed by atoms with E-state index < -0.39 is 11.9 Å². The molecule has 0 aromatic rings. The fourth-order valence-electron chi connectivity index (χ4n) is 3.96. The minimum Gasteiger partial charge on any atom is -0.481 e. The number of aliphatic carboxylic acids is 2. The third-order valence-electron chi connectivity index (χ3n) is 4.73. The molecular formula is C21H26O4S2. The molecule has 4 nitrogen and oxygen atoms in total. The first-order valence-corrected chi connectivity index (χ1v) is 11.5. The van der Waals surface area contributed by atoms with E-state index in [0.717, 1.165) is 25.7 Å². The summed E-state index contributed by atoms with van der Waals surface area (Å²) in [5, 5.41) is 19.3. The molecule has 6 atom stereocenters. The van der Waals surface area contributed by atoms with Crippen molar-refractivity contribution in [2.45, 2.75) is 20.3 Å². The van der Waals surface area contributed by atoms with Crippen LogP contribution in [0.4, 0.5) is 0 Å². The molecule has 0 aromatic carbocycles. The summed E-state index contributed by atoms with van der Waals surface area (Å²) in [6, 6.07) is 0. The van der Waals surface area contributed by atoms with Gasteiger partial charge in [-0.2, -0.15) is 0 Å². The summed E-state index contributed by atoms with van der Waals surface area (Å²) >= 11 is 0. The van der Waals surface area contributed by atoms with E-state index in [9.17, 15) is 0 Å². The summed E-state index contributed by atoms with van der Waals surface area (Å²) in [6.07, 6.45) is 15.3. The first-order valence-electron chi connectivity index (χ1n) is 8.62. The molecule has 1 saturated carbocycles. The quantitative estimate of drug-likeness (QED) is 0.509. The van der Waals surface area contributed by atoms with E-state index in [1.807, 2.05) is 0 Å².